The van der Waals surface area contributed by atoms with Gasteiger partial charge in [-0.05, 0) is 37.1 Å². The van der Waals surface area contributed by atoms with Crippen LogP contribution in [0, 0.1) is 13.8 Å². The van der Waals surface area contributed by atoms with Crippen LogP contribution in [0.4, 0.5) is 5.69 Å². The molecule has 0 radical (unpaired) electrons. The lowest BCUT2D eigenvalue weighted by atomic mass is 10.1. The summed E-state index contributed by atoms with van der Waals surface area (Å²) in [5, 5.41) is 4.60. The number of aryl methyl sites for hydroxylation is 2. The summed E-state index contributed by atoms with van der Waals surface area (Å²) in [4.78, 5) is 13.7. The molecule has 6 nitrogen and oxygen atoms in total. The van der Waals surface area contributed by atoms with Gasteiger partial charge in [0.2, 0.25) is 10.0 Å². The van der Waals surface area contributed by atoms with Crippen molar-refractivity contribution in [2.75, 3.05) is 12.4 Å². The Labute approximate surface area is 127 Å². The van der Waals surface area contributed by atoms with E-state index in [9.17, 15) is 13.2 Å². The van der Waals surface area contributed by atoms with Crippen molar-refractivity contribution in [1.82, 2.24) is 9.71 Å². The minimum atomic E-state index is -3.63. The molecule has 2 rings (SSSR count). The lowest BCUT2D eigenvalue weighted by Gasteiger charge is -2.13. The number of sulfonamides is 1. The van der Waals surface area contributed by atoms with Crippen molar-refractivity contribution in [2.24, 2.45) is 0 Å². The number of thiazole rings is 1. The predicted molar refractivity (Wildman–Crippen MR) is 84.4 cm³/mol. The van der Waals surface area contributed by atoms with Crippen LogP contribution >= 0.6 is 11.3 Å². The Bertz CT molecular complexity index is 783. The number of hydrogen-bond donors (Lipinski definition) is 3. The van der Waals surface area contributed by atoms with E-state index in [2.05, 4.69) is 15.0 Å². The highest BCUT2D eigenvalue weighted by atomic mass is 32.2. The summed E-state index contributed by atoms with van der Waals surface area (Å²) < 4.78 is 27.4. The standard InChI is InChI=1S/C13H17N3O3S2/c1-8-4-10(14-3)5-9(2)12(8)21(18,19)15-6-11-7-20-13(17)16-11/h4-5,7,14-15H,6H2,1-3H3,(H,16,17). The van der Waals surface area contributed by atoms with E-state index < -0.39 is 10.0 Å². The largest absolute Gasteiger partial charge is 0.388 e. The van der Waals surface area contributed by atoms with Gasteiger partial charge >= 0.3 is 4.87 Å². The molecule has 1 aromatic carbocycles. The Morgan fingerprint density at radius 1 is 1.24 bits per heavy atom. The van der Waals surface area contributed by atoms with Gasteiger partial charge in [0.05, 0.1) is 11.4 Å². The van der Waals surface area contributed by atoms with Crippen LogP contribution in [0.1, 0.15) is 16.8 Å². The van der Waals surface area contributed by atoms with Crippen molar-refractivity contribution in [3.63, 3.8) is 0 Å². The van der Waals surface area contributed by atoms with Crippen LogP contribution < -0.4 is 14.9 Å². The van der Waals surface area contributed by atoms with Crippen molar-refractivity contribution < 1.29 is 8.42 Å². The number of aromatic amines is 1. The zero-order chi connectivity index (χ0) is 15.6. The molecule has 0 unspecified atom stereocenters. The second-order valence-corrected chi connectivity index (χ2v) is 7.23. The first-order chi connectivity index (χ1) is 9.83. The maximum absolute atomic E-state index is 12.4. The van der Waals surface area contributed by atoms with E-state index in [1.807, 2.05) is 0 Å². The molecule has 0 atom stereocenters. The zero-order valence-electron chi connectivity index (χ0n) is 12.0. The molecule has 0 aliphatic heterocycles. The van der Waals surface area contributed by atoms with Gasteiger partial charge in [-0.15, -0.1) is 0 Å². The summed E-state index contributed by atoms with van der Waals surface area (Å²) in [5.41, 5.74) is 2.76. The van der Waals surface area contributed by atoms with Gasteiger partial charge in [0.1, 0.15) is 0 Å². The van der Waals surface area contributed by atoms with E-state index in [1.165, 1.54) is 0 Å². The summed E-state index contributed by atoms with van der Waals surface area (Å²) >= 11 is 1.01. The fraction of sp³-hybridized carbons (Fsp3) is 0.308. The van der Waals surface area contributed by atoms with Gasteiger partial charge in [-0.1, -0.05) is 11.3 Å². The maximum atomic E-state index is 12.4. The Kier molecular flexibility index (Phi) is 4.50. The average Bonchev–Trinajstić information content (AvgIpc) is 2.81. The van der Waals surface area contributed by atoms with E-state index in [1.54, 1.807) is 38.4 Å². The number of nitrogens with one attached hydrogen (secondary N) is 3. The summed E-state index contributed by atoms with van der Waals surface area (Å²) in [6.07, 6.45) is 0. The molecule has 2 aromatic rings. The van der Waals surface area contributed by atoms with Gasteiger partial charge in [0.15, 0.2) is 0 Å². The van der Waals surface area contributed by atoms with Crippen molar-refractivity contribution >= 4 is 27.0 Å². The van der Waals surface area contributed by atoms with Crippen LogP contribution in [0.25, 0.3) is 0 Å². The number of rotatable bonds is 5. The Balaban J connectivity index is 2.29. The average molecular weight is 327 g/mol. The smallest absolute Gasteiger partial charge is 0.304 e. The molecule has 0 amide bonds. The minimum absolute atomic E-state index is 0.0632. The molecule has 0 saturated carbocycles. The number of hydrogen-bond acceptors (Lipinski definition) is 5. The van der Waals surface area contributed by atoms with Crippen LogP contribution in [0.15, 0.2) is 27.2 Å². The SMILES string of the molecule is CNc1cc(C)c(S(=O)(=O)NCc2csc(=O)[nH]2)c(C)c1. The molecule has 0 bridgehead atoms. The maximum Gasteiger partial charge on any atom is 0.304 e. The molecule has 0 spiro atoms. The molecule has 1 aromatic heterocycles. The highest BCUT2D eigenvalue weighted by Gasteiger charge is 2.20. The molecular weight excluding hydrogens is 310 g/mol. The molecule has 0 fully saturated rings. The monoisotopic (exact) mass is 327 g/mol. The third-order valence-corrected chi connectivity index (χ3v) is 5.47. The van der Waals surface area contributed by atoms with Gasteiger partial charge in [0.25, 0.3) is 0 Å². The van der Waals surface area contributed by atoms with Crippen molar-refractivity contribution in [2.45, 2.75) is 25.3 Å². The Hall–Kier alpha value is -1.64. The zero-order valence-corrected chi connectivity index (χ0v) is 13.6. The molecule has 0 aliphatic carbocycles. The van der Waals surface area contributed by atoms with Gasteiger partial charge in [-0.25, -0.2) is 13.1 Å². The molecule has 8 heteroatoms. The molecular formula is C13H17N3O3S2. The van der Waals surface area contributed by atoms with Gasteiger partial charge in [0, 0.05) is 23.8 Å². The predicted octanol–water partition coefficient (Wildman–Crippen LogP) is 1.57. The second-order valence-electron chi connectivity index (χ2n) is 4.69. The van der Waals surface area contributed by atoms with E-state index in [-0.39, 0.29) is 16.3 Å². The number of H-pyrrole nitrogens is 1. The molecule has 3 N–H and O–H groups in total. The first kappa shape index (κ1) is 15.7. The fourth-order valence-corrected chi connectivity index (χ4v) is 4.20. The number of benzene rings is 1. The van der Waals surface area contributed by atoms with Crippen molar-refractivity contribution in [3.05, 3.63) is 44.0 Å². The fourth-order valence-electron chi connectivity index (χ4n) is 2.16. The molecule has 1 heterocycles. The lowest BCUT2D eigenvalue weighted by molar-refractivity contribution is 0.579. The van der Waals surface area contributed by atoms with Crippen LogP contribution in [-0.2, 0) is 16.6 Å². The first-order valence-electron chi connectivity index (χ1n) is 6.29. The summed E-state index contributed by atoms with van der Waals surface area (Å²) in [5.74, 6) is 0. The van der Waals surface area contributed by atoms with E-state index in [4.69, 9.17) is 0 Å². The van der Waals surface area contributed by atoms with Gasteiger partial charge < -0.3 is 10.3 Å². The summed E-state index contributed by atoms with van der Waals surface area (Å²) in [6, 6.07) is 3.57. The minimum Gasteiger partial charge on any atom is -0.388 e. The van der Waals surface area contributed by atoms with E-state index >= 15 is 0 Å². The van der Waals surface area contributed by atoms with Gasteiger partial charge in [-0.3, -0.25) is 4.79 Å². The number of anilines is 1. The molecule has 0 saturated heterocycles. The normalized spacial score (nSPS) is 11.6. The Morgan fingerprint density at radius 3 is 2.33 bits per heavy atom. The van der Waals surface area contributed by atoms with E-state index in [0.717, 1.165) is 17.0 Å². The van der Waals surface area contributed by atoms with E-state index in [0.29, 0.717) is 16.8 Å². The summed E-state index contributed by atoms with van der Waals surface area (Å²) in [6.45, 7) is 3.58. The molecule has 0 aliphatic rings. The quantitative estimate of drug-likeness (QED) is 0.777. The third kappa shape index (κ3) is 3.52. The molecule has 114 valence electrons. The second kappa shape index (κ2) is 6.00. The third-order valence-electron chi connectivity index (χ3n) is 3.04. The first-order valence-corrected chi connectivity index (χ1v) is 8.65. The topological polar surface area (TPSA) is 91.1 Å². The highest BCUT2D eigenvalue weighted by Crippen LogP contribution is 2.24. The van der Waals surface area contributed by atoms with Crippen molar-refractivity contribution in [1.29, 1.82) is 0 Å². The Morgan fingerprint density at radius 2 is 1.86 bits per heavy atom. The highest BCUT2D eigenvalue weighted by molar-refractivity contribution is 7.89. The lowest BCUT2D eigenvalue weighted by Crippen LogP contribution is -2.25. The number of aromatic nitrogens is 1. The molecule has 21 heavy (non-hydrogen) atoms. The van der Waals surface area contributed by atoms with Crippen LogP contribution in [0.5, 0.6) is 0 Å². The van der Waals surface area contributed by atoms with Crippen LogP contribution in [0.3, 0.4) is 0 Å². The van der Waals surface area contributed by atoms with Crippen LogP contribution in [0.2, 0.25) is 0 Å². The van der Waals surface area contributed by atoms with Gasteiger partial charge in [-0.2, -0.15) is 0 Å². The van der Waals surface area contributed by atoms with Crippen molar-refractivity contribution in [3.8, 4) is 0 Å². The summed E-state index contributed by atoms with van der Waals surface area (Å²) in [7, 11) is -1.85. The van der Waals surface area contributed by atoms with Crippen LogP contribution in [-0.4, -0.2) is 20.4 Å².